The van der Waals surface area contributed by atoms with Crippen LogP contribution in [0, 0.1) is 0 Å². The fourth-order valence-corrected chi connectivity index (χ4v) is 2.39. The number of rotatable bonds is 5. The Morgan fingerprint density at radius 3 is 3.18 bits per heavy atom. The maximum Gasteiger partial charge on any atom is 0.187 e. The molecule has 0 aliphatic carbocycles. The third-order valence-electron chi connectivity index (χ3n) is 2.42. The number of allylic oxidation sites excluding steroid dienone is 1. The van der Waals surface area contributed by atoms with Crippen molar-refractivity contribution in [3.63, 3.8) is 0 Å². The molecule has 0 bridgehead atoms. The lowest BCUT2D eigenvalue weighted by Gasteiger charge is -1.92. The van der Waals surface area contributed by atoms with Crippen molar-refractivity contribution < 1.29 is 5.11 Å². The summed E-state index contributed by atoms with van der Waals surface area (Å²) in [5.74, 6) is 0.284. The van der Waals surface area contributed by atoms with Gasteiger partial charge in [-0.2, -0.15) is 0 Å². The number of nitrogens with one attached hydrogen (secondary N) is 1. The molecule has 0 spiro atoms. The first kappa shape index (κ1) is 11.9. The summed E-state index contributed by atoms with van der Waals surface area (Å²) in [7, 11) is 0. The SMILES string of the molecule is CCCCC=CNc1nc2ccc(O)cc2s1. The molecule has 1 aromatic heterocycles. The average molecular weight is 248 g/mol. The molecule has 2 aromatic rings. The second kappa shape index (κ2) is 5.68. The van der Waals surface area contributed by atoms with Gasteiger partial charge in [-0.25, -0.2) is 4.98 Å². The third kappa shape index (κ3) is 3.20. The quantitative estimate of drug-likeness (QED) is 0.782. The third-order valence-corrected chi connectivity index (χ3v) is 3.37. The zero-order valence-corrected chi connectivity index (χ0v) is 10.6. The Bertz CT molecular complexity index is 519. The van der Waals surface area contributed by atoms with E-state index in [0.717, 1.165) is 21.8 Å². The van der Waals surface area contributed by atoms with Gasteiger partial charge in [0.2, 0.25) is 0 Å². The van der Waals surface area contributed by atoms with Crippen molar-refractivity contribution in [2.24, 2.45) is 0 Å². The number of aromatic nitrogens is 1. The number of fused-ring (bicyclic) bond motifs is 1. The molecule has 1 heterocycles. The molecule has 0 saturated heterocycles. The molecule has 0 atom stereocenters. The van der Waals surface area contributed by atoms with Gasteiger partial charge in [-0.05, 0) is 30.8 Å². The number of nitrogens with zero attached hydrogens (tertiary/aromatic N) is 1. The van der Waals surface area contributed by atoms with Crippen LogP contribution in [0.2, 0.25) is 0 Å². The van der Waals surface area contributed by atoms with Crippen LogP contribution in [0.5, 0.6) is 5.75 Å². The lowest BCUT2D eigenvalue weighted by Crippen LogP contribution is -1.84. The Morgan fingerprint density at radius 2 is 2.35 bits per heavy atom. The number of hydrogen-bond acceptors (Lipinski definition) is 4. The molecular formula is C13H16N2OS. The first-order valence-corrected chi connectivity index (χ1v) is 6.62. The van der Waals surface area contributed by atoms with Crippen molar-refractivity contribution in [3.8, 4) is 5.75 Å². The van der Waals surface area contributed by atoms with Crippen LogP contribution < -0.4 is 5.32 Å². The van der Waals surface area contributed by atoms with Crippen LogP contribution >= 0.6 is 11.3 Å². The number of phenolic OH excluding ortho intramolecular Hbond substituents is 1. The van der Waals surface area contributed by atoms with Gasteiger partial charge in [-0.1, -0.05) is 37.2 Å². The molecule has 0 fully saturated rings. The molecular weight excluding hydrogens is 232 g/mol. The van der Waals surface area contributed by atoms with Crippen LogP contribution in [0.1, 0.15) is 26.2 Å². The summed E-state index contributed by atoms with van der Waals surface area (Å²) in [6, 6.07) is 5.22. The zero-order chi connectivity index (χ0) is 12.1. The van der Waals surface area contributed by atoms with Crippen LogP contribution in [0.15, 0.2) is 30.5 Å². The molecule has 3 nitrogen and oxygen atoms in total. The molecule has 0 aliphatic heterocycles. The topological polar surface area (TPSA) is 45.2 Å². The average Bonchev–Trinajstić information content (AvgIpc) is 2.70. The van der Waals surface area contributed by atoms with Crippen molar-refractivity contribution in [2.45, 2.75) is 26.2 Å². The lowest BCUT2D eigenvalue weighted by molar-refractivity contribution is 0.476. The summed E-state index contributed by atoms with van der Waals surface area (Å²) in [4.78, 5) is 4.42. The van der Waals surface area contributed by atoms with E-state index in [1.54, 1.807) is 23.5 Å². The van der Waals surface area contributed by atoms with Crippen LogP contribution in [-0.2, 0) is 0 Å². The Morgan fingerprint density at radius 1 is 1.47 bits per heavy atom. The first-order valence-electron chi connectivity index (χ1n) is 5.80. The van der Waals surface area contributed by atoms with E-state index >= 15 is 0 Å². The Balaban J connectivity index is 2.02. The van der Waals surface area contributed by atoms with Crippen molar-refractivity contribution in [1.29, 1.82) is 0 Å². The Kier molecular flexibility index (Phi) is 3.98. The molecule has 4 heteroatoms. The number of thiazole rings is 1. The van der Waals surface area contributed by atoms with E-state index in [0.29, 0.717) is 0 Å². The van der Waals surface area contributed by atoms with E-state index in [-0.39, 0.29) is 5.75 Å². The van der Waals surface area contributed by atoms with Crippen LogP contribution in [0.4, 0.5) is 5.13 Å². The minimum absolute atomic E-state index is 0.284. The molecule has 0 saturated carbocycles. The van der Waals surface area contributed by atoms with E-state index in [1.165, 1.54) is 12.8 Å². The number of aromatic hydroxyl groups is 1. The Labute approximate surface area is 105 Å². The summed E-state index contributed by atoms with van der Waals surface area (Å²) >= 11 is 1.54. The van der Waals surface area contributed by atoms with Crippen LogP contribution in [0.3, 0.4) is 0 Å². The van der Waals surface area contributed by atoms with E-state index in [4.69, 9.17) is 0 Å². The molecule has 1 aromatic carbocycles. The van der Waals surface area contributed by atoms with Gasteiger partial charge in [-0.3, -0.25) is 0 Å². The van der Waals surface area contributed by atoms with Gasteiger partial charge >= 0.3 is 0 Å². The molecule has 0 unspecified atom stereocenters. The van der Waals surface area contributed by atoms with Gasteiger partial charge in [0.25, 0.3) is 0 Å². The summed E-state index contributed by atoms with van der Waals surface area (Å²) in [6.07, 6.45) is 7.58. The number of anilines is 1. The van der Waals surface area contributed by atoms with Gasteiger partial charge in [0.15, 0.2) is 5.13 Å². The highest BCUT2D eigenvalue weighted by Crippen LogP contribution is 2.28. The van der Waals surface area contributed by atoms with Crippen LogP contribution in [0.25, 0.3) is 10.2 Å². The molecule has 0 aliphatic rings. The van der Waals surface area contributed by atoms with E-state index < -0.39 is 0 Å². The van der Waals surface area contributed by atoms with Gasteiger partial charge < -0.3 is 10.4 Å². The second-order valence-corrected chi connectivity index (χ2v) is 4.89. The number of unbranched alkanes of at least 4 members (excludes halogenated alkanes) is 2. The highest BCUT2D eigenvalue weighted by molar-refractivity contribution is 7.22. The summed E-state index contributed by atoms with van der Waals surface area (Å²) in [6.45, 7) is 2.18. The maximum absolute atomic E-state index is 9.36. The number of benzene rings is 1. The standard InChI is InChI=1S/C13H16N2OS/c1-2-3-4-5-8-14-13-15-11-7-6-10(16)9-12(11)17-13/h5-9,16H,2-4H2,1H3,(H,14,15). The van der Waals surface area contributed by atoms with Gasteiger partial charge in [0, 0.05) is 0 Å². The van der Waals surface area contributed by atoms with E-state index in [2.05, 4.69) is 23.3 Å². The Hall–Kier alpha value is -1.55. The second-order valence-electron chi connectivity index (χ2n) is 3.86. The van der Waals surface area contributed by atoms with E-state index in [1.807, 2.05) is 12.3 Å². The van der Waals surface area contributed by atoms with Crippen molar-refractivity contribution in [1.82, 2.24) is 4.98 Å². The summed E-state index contributed by atoms with van der Waals surface area (Å²) < 4.78 is 0.995. The van der Waals surface area contributed by atoms with Crippen molar-refractivity contribution in [2.75, 3.05) is 5.32 Å². The van der Waals surface area contributed by atoms with Gasteiger partial charge in [0.1, 0.15) is 5.75 Å². The lowest BCUT2D eigenvalue weighted by atomic mass is 10.2. The minimum atomic E-state index is 0.284. The maximum atomic E-state index is 9.36. The molecule has 2 N–H and O–H groups in total. The number of phenols is 1. The van der Waals surface area contributed by atoms with Gasteiger partial charge in [-0.15, -0.1) is 0 Å². The summed E-state index contributed by atoms with van der Waals surface area (Å²) in [5, 5.41) is 13.4. The monoisotopic (exact) mass is 248 g/mol. The summed E-state index contributed by atoms with van der Waals surface area (Å²) in [5.41, 5.74) is 0.914. The normalized spacial score (nSPS) is 11.4. The predicted octanol–water partition coefficient (Wildman–Crippen LogP) is 4.12. The first-order chi connectivity index (χ1) is 8.29. The number of hydrogen-bond donors (Lipinski definition) is 2. The van der Waals surface area contributed by atoms with Crippen molar-refractivity contribution in [3.05, 3.63) is 30.5 Å². The highest BCUT2D eigenvalue weighted by Gasteiger charge is 2.02. The highest BCUT2D eigenvalue weighted by atomic mass is 32.1. The largest absolute Gasteiger partial charge is 0.508 e. The van der Waals surface area contributed by atoms with Crippen molar-refractivity contribution >= 4 is 26.7 Å². The fraction of sp³-hybridized carbons (Fsp3) is 0.308. The van der Waals surface area contributed by atoms with E-state index in [9.17, 15) is 5.11 Å². The molecule has 90 valence electrons. The molecule has 17 heavy (non-hydrogen) atoms. The zero-order valence-electron chi connectivity index (χ0n) is 9.81. The molecule has 0 amide bonds. The minimum Gasteiger partial charge on any atom is -0.508 e. The van der Waals surface area contributed by atoms with Crippen LogP contribution in [-0.4, -0.2) is 10.1 Å². The van der Waals surface area contributed by atoms with Gasteiger partial charge in [0.05, 0.1) is 10.2 Å². The smallest absolute Gasteiger partial charge is 0.187 e. The predicted molar refractivity (Wildman–Crippen MR) is 73.6 cm³/mol. The molecule has 0 radical (unpaired) electrons. The molecule has 2 rings (SSSR count). The fourth-order valence-electron chi connectivity index (χ4n) is 1.51.